The van der Waals surface area contributed by atoms with Gasteiger partial charge in [-0.1, -0.05) is 0 Å². The van der Waals surface area contributed by atoms with Crippen LogP contribution in [0.4, 0.5) is 0 Å². The molecule has 12 heavy (non-hydrogen) atoms. The van der Waals surface area contributed by atoms with Crippen LogP contribution in [0.3, 0.4) is 0 Å². The van der Waals surface area contributed by atoms with Gasteiger partial charge in [-0.3, -0.25) is 0 Å². The molecule has 0 unspecified atom stereocenters. The lowest BCUT2D eigenvalue weighted by Gasteiger charge is -1.95. The van der Waals surface area contributed by atoms with Crippen LogP contribution in [-0.4, -0.2) is 20.6 Å². The lowest BCUT2D eigenvalue weighted by atomic mass is 10.3. The minimum Gasteiger partial charge on any atom is -0.476 e. The fourth-order valence-corrected chi connectivity index (χ4v) is 2.07. The molecule has 5 heteroatoms. The Bertz CT molecular complexity index is 345. The second-order valence-electron chi connectivity index (χ2n) is 2.73. The maximum Gasteiger partial charge on any atom is 0.357 e. The van der Waals surface area contributed by atoms with E-state index in [9.17, 15) is 4.79 Å². The van der Waals surface area contributed by atoms with Gasteiger partial charge in [0.2, 0.25) is 0 Å². The summed E-state index contributed by atoms with van der Waals surface area (Å²) >= 11 is 3.22. The highest BCUT2D eigenvalue weighted by Gasteiger charge is 2.22. The lowest BCUT2D eigenvalue weighted by molar-refractivity contribution is 0.0689. The van der Waals surface area contributed by atoms with Gasteiger partial charge in [-0.15, -0.1) is 0 Å². The van der Waals surface area contributed by atoms with Crippen molar-refractivity contribution in [2.75, 3.05) is 0 Å². The number of nitrogens with zero attached hydrogens (tertiary/aromatic N) is 2. The van der Waals surface area contributed by atoms with Crippen molar-refractivity contribution in [3.8, 4) is 0 Å². The number of carbonyl (C=O) groups is 1. The monoisotopic (exact) mass is 230 g/mol. The van der Waals surface area contributed by atoms with Crippen molar-refractivity contribution in [3.63, 3.8) is 0 Å². The second-order valence-corrected chi connectivity index (χ2v) is 3.48. The van der Waals surface area contributed by atoms with E-state index in [0.717, 1.165) is 25.2 Å². The maximum absolute atomic E-state index is 10.6. The minimum atomic E-state index is -0.969. The van der Waals surface area contributed by atoms with Crippen LogP contribution in [0, 0.1) is 0 Å². The summed E-state index contributed by atoms with van der Waals surface area (Å²) in [6.45, 7) is 0.871. The molecule has 1 aliphatic rings. The number of imidazole rings is 1. The fourth-order valence-electron chi connectivity index (χ4n) is 1.43. The van der Waals surface area contributed by atoms with Crippen LogP contribution in [0.2, 0.25) is 0 Å². The van der Waals surface area contributed by atoms with E-state index in [1.54, 1.807) is 0 Å². The molecule has 64 valence electrons. The molecule has 0 saturated heterocycles. The molecule has 1 N–H and O–H groups in total. The van der Waals surface area contributed by atoms with Crippen LogP contribution in [0.5, 0.6) is 0 Å². The van der Waals surface area contributed by atoms with Crippen molar-refractivity contribution in [1.29, 1.82) is 0 Å². The molecule has 1 aromatic rings. The highest BCUT2D eigenvalue weighted by molar-refractivity contribution is 9.10. The van der Waals surface area contributed by atoms with E-state index in [0.29, 0.717) is 4.60 Å². The van der Waals surface area contributed by atoms with Crippen LogP contribution < -0.4 is 0 Å². The van der Waals surface area contributed by atoms with E-state index in [4.69, 9.17) is 5.11 Å². The third kappa shape index (κ3) is 0.964. The zero-order valence-corrected chi connectivity index (χ0v) is 7.84. The average Bonchev–Trinajstić information content (AvgIpc) is 2.53. The lowest BCUT2D eigenvalue weighted by Crippen LogP contribution is -1.99. The van der Waals surface area contributed by atoms with Crippen molar-refractivity contribution < 1.29 is 9.90 Å². The molecular formula is C7H7BrN2O2. The minimum absolute atomic E-state index is 0.129. The number of rotatable bonds is 1. The first-order chi connectivity index (χ1) is 5.70. The van der Waals surface area contributed by atoms with Crippen LogP contribution >= 0.6 is 15.9 Å². The van der Waals surface area contributed by atoms with Crippen molar-refractivity contribution in [2.24, 2.45) is 0 Å². The predicted molar refractivity (Wildman–Crippen MR) is 45.2 cm³/mol. The Morgan fingerprint density at radius 1 is 1.67 bits per heavy atom. The van der Waals surface area contributed by atoms with Gasteiger partial charge in [0.15, 0.2) is 5.69 Å². The number of aromatic carboxylic acids is 1. The van der Waals surface area contributed by atoms with Gasteiger partial charge in [0.25, 0.3) is 0 Å². The third-order valence-corrected chi connectivity index (χ3v) is 2.77. The van der Waals surface area contributed by atoms with E-state index in [1.165, 1.54) is 0 Å². The smallest absolute Gasteiger partial charge is 0.357 e. The summed E-state index contributed by atoms with van der Waals surface area (Å²) in [4.78, 5) is 14.6. The molecule has 2 heterocycles. The Morgan fingerprint density at radius 3 is 3.00 bits per heavy atom. The molecule has 0 bridgehead atoms. The Labute approximate surface area is 77.3 Å². The van der Waals surface area contributed by atoms with Crippen molar-refractivity contribution in [3.05, 3.63) is 16.1 Å². The summed E-state index contributed by atoms with van der Waals surface area (Å²) in [6.07, 6.45) is 1.94. The third-order valence-electron chi connectivity index (χ3n) is 1.97. The molecule has 2 rings (SSSR count). The summed E-state index contributed by atoms with van der Waals surface area (Å²) in [5.41, 5.74) is 0.129. The van der Waals surface area contributed by atoms with Gasteiger partial charge >= 0.3 is 5.97 Å². The van der Waals surface area contributed by atoms with Crippen LogP contribution in [0.1, 0.15) is 22.7 Å². The van der Waals surface area contributed by atoms with Gasteiger partial charge in [-0.25, -0.2) is 9.78 Å². The van der Waals surface area contributed by atoms with Crippen LogP contribution in [-0.2, 0) is 13.0 Å². The summed E-state index contributed by atoms with van der Waals surface area (Å²) in [6, 6.07) is 0. The molecule has 0 atom stereocenters. The van der Waals surface area contributed by atoms with Gasteiger partial charge in [0, 0.05) is 13.0 Å². The zero-order valence-electron chi connectivity index (χ0n) is 6.25. The molecule has 0 aliphatic carbocycles. The number of carboxylic acid groups (broad SMARTS) is 1. The number of halogens is 1. The maximum atomic E-state index is 10.6. The number of aromatic nitrogens is 2. The SMILES string of the molecule is O=C(O)c1nc2n(c1Br)CCC2. The van der Waals surface area contributed by atoms with E-state index in [2.05, 4.69) is 20.9 Å². The summed E-state index contributed by atoms with van der Waals surface area (Å²) in [5.74, 6) is -0.0944. The van der Waals surface area contributed by atoms with E-state index < -0.39 is 5.97 Å². The number of aryl methyl sites for hydroxylation is 1. The number of fused-ring (bicyclic) bond motifs is 1. The standard InChI is InChI=1S/C7H7BrN2O2/c8-6-5(7(11)12)9-4-2-1-3-10(4)6/h1-3H2,(H,11,12). The van der Waals surface area contributed by atoms with E-state index >= 15 is 0 Å². The highest BCUT2D eigenvalue weighted by Crippen LogP contribution is 2.24. The second kappa shape index (κ2) is 2.58. The first kappa shape index (κ1) is 7.79. The normalized spacial score (nSPS) is 14.8. The Kier molecular flexibility index (Phi) is 1.68. The number of hydrogen-bond donors (Lipinski definition) is 1. The Balaban J connectivity index is 2.54. The molecule has 1 aromatic heterocycles. The van der Waals surface area contributed by atoms with E-state index in [1.807, 2.05) is 4.57 Å². The predicted octanol–water partition coefficient (Wildman–Crippen LogP) is 1.29. The summed E-state index contributed by atoms with van der Waals surface area (Å²) in [5, 5.41) is 8.72. The molecule has 0 spiro atoms. The van der Waals surface area contributed by atoms with E-state index in [-0.39, 0.29) is 5.69 Å². The molecule has 0 saturated carbocycles. The first-order valence-electron chi connectivity index (χ1n) is 3.68. The van der Waals surface area contributed by atoms with Gasteiger partial charge < -0.3 is 9.67 Å². The van der Waals surface area contributed by atoms with Gasteiger partial charge in [0.1, 0.15) is 10.4 Å². The largest absolute Gasteiger partial charge is 0.476 e. The number of hydrogen-bond acceptors (Lipinski definition) is 2. The van der Waals surface area contributed by atoms with Crippen LogP contribution in [0.15, 0.2) is 4.60 Å². The summed E-state index contributed by atoms with van der Waals surface area (Å²) in [7, 11) is 0. The highest BCUT2D eigenvalue weighted by atomic mass is 79.9. The summed E-state index contributed by atoms with van der Waals surface area (Å²) < 4.78 is 2.51. The Morgan fingerprint density at radius 2 is 2.42 bits per heavy atom. The number of carboxylic acids is 1. The molecule has 0 aromatic carbocycles. The topological polar surface area (TPSA) is 55.1 Å². The van der Waals surface area contributed by atoms with Gasteiger partial charge in [0.05, 0.1) is 0 Å². The average molecular weight is 231 g/mol. The molecule has 0 radical (unpaired) electrons. The molecule has 1 aliphatic heterocycles. The van der Waals surface area contributed by atoms with Gasteiger partial charge in [-0.2, -0.15) is 0 Å². The van der Waals surface area contributed by atoms with Gasteiger partial charge in [-0.05, 0) is 22.4 Å². The van der Waals surface area contributed by atoms with Crippen molar-refractivity contribution in [2.45, 2.75) is 19.4 Å². The molecule has 0 amide bonds. The Hall–Kier alpha value is -0.840. The van der Waals surface area contributed by atoms with Crippen molar-refractivity contribution in [1.82, 2.24) is 9.55 Å². The van der Waals surface area contributed by atoms with Crippen LogP contribution in [0.25, 0.3) is 0 Å². The first-order valence-corrected chi connectivity index (χ1v) is 4.47. The molecule has 0 fully saturated rings. The molecule has 4 nitrogen and oxygen atoms in total. The fraction of sp³-hybridized carbons (Fsp3) is 0.429. The quantitative estimate of drug-likeness (QED) is 0.792. The zero-order chi connectivity index (χ0) is 8.72. The molecular weight excluding hydrogens is 224 g/mol. The van der Waals surface area contributed by atoms with Crippen molar-refractivity contribution >= 4 is 21.9 Å².